The van der Waals surface area contributed by atoms with Crippen LogP contribution in [-0.4, -0.2) is 24.5 Å². The van der Waals surface area contributed by atoms with Gasteiger partial charge in [-0.1, -0.05) is 15.9 Å². The van der Waals surface area contributed by atoms with Gasteiger partial charge < -0.3 is 4.74 Å². The van der Waals surface area contributed by atoms with Gasteiger partial charge in [-0.05, 0) is 12.1 Å². The molecule has 0 radical (unpaired) electrons. The van der Waals surface area contributed by atoms with Crippen molar-refractivity contribution in [3.8, 4) is 5.75 Å². The van der Waals surface area contributed by atoms with Gasteiger partial charge in [0.25, 0.3) is 0 Å². The van der Waals surface area contributed by atoms with Crippen molar-refractivity contribution in [2.24, 2.45) is 0 Å². The first-order valence-corrected chi connectivity index (χ1v) is 5.80. The predicted octanol–water partition coefficient (Wildman–Crippen LogP) is 3.10. The molecule has 0 fully saturated rings. The molecule has 0 spiro atoms. The minimum atomic E-state index is -4.72. The third-order valence-electron chi connectivity index (χ3n) is 2.21. The van der Waals surface area contributed by atoms with Crippen LogP contribution in [0.15, 0.2) is 12.1 Å². The molecule has 1 rings (SSSR count). The number of ketones is 1. The molecule has 0 aliphatic heterocycles. The summed E-state index contributed by atoms with van der Waals surface area (Å²) in [6.45, 7) is 0. The number of ether oxygens (including phenoxy) is 1. The van der Waals surface area contributed by atoms with Crippen molar-refractivity contribution >= 4 is 28.0 Å². The highest BCUT2D eigenvalue weighted by Crippen LogP contribution is 2.39. The molecular weight excluding hydrogens is 317 g/mol. The van der Waals surface area contributed by atoms with Crippen molar-refractivity contribution < 1.29 is 27.5 Å². The van der Waals surface area contributed by atoms with Crippen molar-refractivity contribution in [1.82, 2.24) is 0 Å². The molecule has 0 saturated heterocycles. The molecule has 0 aliphatic rings. The molecule has 0 heterocycles. The van der Waals surface area contributed by atoms with Gasteiger partial charge >= 0.3 is 6.18 Å². The molecule has 0 unspecified atom stereocenters. The fraction of sp³-hybridized carbons (Fsp3) is 0.273. The van der Waals surface area contributed by atoms with Crippen molar-refractivity contribution in [3.05, 3.63) is 28.8 Å². The van der Waals surface area contributed by atoms with E-state index in [0.717, 1.165) is 19.2 Å². The molecule has 0 amide bonds. The summed E-state index contributed by atoms with van der Waals surface area (Å²) >= 11 is 2.90. The van der Waals surface area contributed by atoms with Crippen LogP contribution in [0.3, 0.4) is 0 Å². The zero-order chi connectivity index (χ0) is 13.9. The molecule has 0 N–H and O–H groups in total. The minimum absolute atomic E-state index is 0.0150. The number of benzene rings is 1. The van der Waals surface area contributed by atoms with Gasteiger partial charge in [0.05, 0.1) is 12.4 Å². The molecule has 0 bridgehead atoms. The van der Waals surface area contributed by atoms with E-state index in [0.29, 0.717) is 0 Å². The van der Waals surface area contributed by atoms with Gasteiger partial charge in [-0.2, -0.15) is 13.2 Å². The molecule has 0 atom stereocenters. The first-order chi connectivity index (χ1) is 8.35. The summed E-state index contributed by atoms with van der Waals surface area (Å²) in [6.07, 6.45) is -4.67. The molecule has 7 heteroatoms. The molecule has 0 saturated carbocycles. The average molecular weight is 325 g/mol. The van der Waals surface area contributed by atoms with Gasteiger partial charge in [-0.15, -0.1) is 0 Å². The summed E-state index contributed by atoms with van der Waals surface area (Å²) in [5.74, 6) is -0.985. The summed E-state index contributed by atoms with van der Waals surface area (Å²) in [5, 5.41) is -0.0557. The van der Waals surface area contributed by atoms with Gasteiger partial charge in [0, 0.05) is 11.1 Å². The first kappa shape index (κ1) is 14.7. The lowest BCUT2D eigenvalue weighted by Crippen LogP contribution is -2.13. The second-order valence-electron chi connectivity index (χ2n) is 3.32. The number of halogens is 4. The Morgan fingerprint density at radius 2 is 2.06 bits per heavy atom. The number of rotatable bonds is 4. The average Bonchev–Trinajstić information content (AvgIpc) is 2.34. The molecule has 1 aromatic rings. The smallest absolute Gasteiger partial charge is 0.420 e. The van der Waals surface area contributed by atoms with E-state index >= 15 is 0 Å². The summed E-state index contributed by atoms with van der Waals surface area (Å²) in [6, 6.07) is 1.88. The Balaban J connectivity index is 3.54. The maximum Gasteiger partial charge on any atom is 0.420 e. The van der Waals surface area contributed by atoms with Crippen LogP contribution in [0, 0.1) is 0 Å². The van der Waals surface area contributed by atoms with Crippen LogP contribution >= 0.6 is 15.9 Å². The van der Waals surface area contributed by atoms with Crippen molar-refractivity contribution in [1.29, 1.82) is 0 Å². The second kappa shape index (κ2) is 5.51. The van der Waals surface area contributed by atoms with E-state index in [1.807, 2.05) is 0 Å². The van der Waals surface area contributed by atoms with Gasteiger partial charge in [0.15, 0.2) is 12.1 Å². The zero-order valence-electron chi connectivity index (χ0n) is 9.18. The van der Waals surface area contributed by atoms with Gasteiger partial charge in [-0.3, -0.25) is 9.59 Å². The zero-order valence-corrected chi connectivity index (χ0v) is 10.8. The van der Waals surface area contributed by atoms with Crippen molar-refractivity contribution in [3.63, 3.8) is 0 Å². The Morgan fingerprint density at radius 1 is 1.44 bits per heavy atom. The number of aldehydes is 1. The topological polar surface area (TPSA) is 43.4 Å². The van der Waals surface area contributed by atoms with E-state index in [-0.39, 0.29) is 17.2 Å². The lowest BCUT2D eigenvalue weighted by molar-refractivity contribution is -0.139. The van der Waals surface area contributed by atoms with Crippen LogP contribution in [0.4, 0.5) is 13.2 Å². The Labute approximate surface area is 109 Å². The molecule has 0 aliphatic carbocycles. The number of hydrogen-bond donors (Lipinski definition) is 0. The van der Waals surface area contributed by atoms with Crippen molar-refractivity contribution in [2.75, 3.05) is 12.4 Å². The highest BCUT2D eigenvalue weighted by molar-refractivity contribution is 9.09. The predicted molar refractivity (Wildman–Crippen MR) is 61.5 cm³/mol. The Hall–Kier alpha value is -1.37. The number of alkyl halides is 4. The monoisotopic (exact) mass is 324 g/mol. The van der Waals surface area contributed by atoms with E-state index in [2.05, 4.69) is 20.7 Å². The fourth-order valence-corrected chi connectivity index (χ4v) is 1.76. The number of methoxy groups -OCH3 is 1. The van der Waals surface area contributed by atoms with E-state index in [1.54, 1.807) is 0 Å². The summed E-state index contributed by atoms with van der Waals surface area (Å²) in [5.41, 5.74) is -1.81. The van der Waals surface area contributed by atoms with E-state index in [4.69, 9.17) is 0 Å². The van der Waals surface area contributed by atoms with Gasteiger partial charge in [-0.25, -0.2) is 0 Å². The fourth-order valence-electron chi connectivity index (χ4n) is 1.43. The van der Waals surface area contributed by atoms with Crippen LogP contribution in [0.5, 0.6) is 5.75 Å². The molecule has 18 heavy (non-hydrogen) atoms. The number of Topliss-reactive ketones (excluding diaryl/α,β-unsaturated/α-hetero) is 1. The third kappa shape index (κ3) is 2.90. The molecule has 3 nitrogen and oxygen atoms in total. The maximum absolute atomic E-state index is 12.8. The van der Waals surface area contributed by atoms with Crippen LogP contribution in [0.1, 0.15) is 26.3 Å². The standard InChI is InChI=1S/C11H8BrF3O3/c1-18-9-3-6(8(17)4-12)2-7(5-16)10(9)11(13,14)15/h2-3,5H,4H2,1H3. The summed E-state index contributed by atoms with van der Waals surface area (Å²) in [7, 11) is 1.04. The maximum atomic E-state index is 12.8. The van der Waals surface area contributed by atoms with Crippen LogP contribution < -0.4 is 4.74 Å². The lowest BCUT2D eigenvalue weighted by atomic mass is 10.0. The third-order valence-corrected chi connectivity index (χ3v) is 2.72. The highest BCUT2D eigenvalue weighted by atomic mass is 79.9. The normalized spacial score (nSPS) is 11.2. The quantitative estimate of drug-likeness (QED) is 0.485. The van der Waals surface area contributed by atoms with E-state index < -0.39 is 28.8 Å². The van der Waals surface area contributed by atoms with Crippen LogP contribution in [0.2, 0.25) is 0 Å². The van der Waals surface area contributed by atoms with Crippen LogP contribution in [-0.2, 0) is 6.18 Å². The number of carbonyl (C=O) groups excluding carboxylic acids is 2. The largest absolute Gasteiger partial charge is 0.496 e. The van der Waals surface area contributed by atoms with Gasteiger partial charge in [0.2, 0.25) is 0 Å². The molecular formula is C11H8BrF3O3. The van der Waals surface area contributed by atoms with Crippen molar-refractivity contribution in [2.45, 2.75) is 6.18 Å². The number of hydrogen-bond acceptors (Lipinski definition) is 3. The lowest BCUT2D eigenvalue weighted by Gasteiger charge is -2.15. The Bertz CT molecular complexity index is 483. The van der Waals surface area contributed by atoms with Gasteiger partial charge in [0.1, 0.15) is 11.3 Å². The van der Waals surface area contributed by atoms with E-state index in [9.17, 15) is 22.8 Å². The Morgan fingerprint density at radius 3 is 2.44 bits per heavy atom. The minimum Gasteiger partial charge on any atom is -0.496 e. The van der Waals surface area contributed by atoms with E-state index in [1.165, 1.54) is 0 Å². The number of carbonyl (C=O) groups is 2. The first-order valence-electron chi connectivity index (χ1n) is 4.68. The van der Waals surface area contributed by atoms with Crippen LogP contribution in [0.25, 0.3) is 0 Å². The summed E-state index contributed by atoms with van der Waals surface area (Å²) in [4.78, 5) is 22.1. The molecule has 0 aromatic heterocycles. The molecule has 98 valence electrons. The highest BCUT2D eigenvalue weighted by Gasteiger charge is 2.37. The SMILES string of the molecule is COc1cc(C(=O)CBr)cc(C=O)c1C(F)(F)F. The Kier molecular flexibility index (Phi) is 4.50. The summed E-state index contributed by atoms with van der Waals surface area (Å²) < 4.78 is 42.9. The second-order valence-corrected chi connectivity index (χ2v) is 3.88. The molecule has 1 aromatic carbocycles.